The van der Waals surface area contributed by atoms with Crippen LogP contribution in [0.1, 0.15) is 26.2 Å². The Kier molecular flexibility index (Phi) is 5.68. The van der Waals surface area contributed by atoms with Gasteiger partial charge in [0.2, 0.25) is 10.0 Å². The summed E-state index contributed by atoms with van der Waals surface area (Å²) in [6.07, 6.45) is 3.70. The molecule has 1 heterocycles. The third-order valence-corrected chi connectivity index (χ3v) is 3.78. The van der Waals surface area contributed by atoms with Crippen molar-refractivity contribution in [2.75, 3.05) is 31.9 Å². The molecule has 1 aliphatic rings. The molecular weight excluding hydrogens is 226 g/mol. The van der Waals surface area contributed by atoms with Gasteiger partial charge in [-0.25, -0.2) is 13.6 Å². The molecule has 1 saturated heterocycles. The summed E-state index contributed by atoms with van der Waals surface area (Å²) in [7, 11) is -3.33. The van der Waals surface area contributed by atoms with E-state index in [1.807, 2.05) is 6.92 Å². The van der Waals surface area contributed by atoms with Gasteiger partial charge in [-0.05, 0) is 25.9 Å². The van der Waals surface area contributed by atoms with Crippen molar-refractivity contribution in [3.63, 3.8) is 0 Å². The highest BCUT2D eigenvalue weighted by Crippen LogP contribution is 2.08. The van der Waals surface area contributed by atoms with Gasteiger partial charge < -0.3 is 10.2 Å². The number of nitrogens with zero attached hydrogens (tertiary/aromatic N) is 1. The number of primary sulfonamides is 1. The fourth-order valence-electron chi connectivity index (χ4n) is 2.03. The summed E-state index contributed by atoms with van der Waals surface area (Å²) in [6, 6.07) is 0.508. The Hall–Kier alpha value is -0.170. The van der Waals surface area contributed by atoms with Gasteiger partial charge in [0.15, 0.2) is 0 Å². The number of piperidine rings is 1. The normalized spacial score (nSPS) is 22.6. The second-order valence-corrected chi connectivity index (χ2v) is 6.14. The van der Waals surface area contributed by atoms with E-state index < -0.39 is 10.0 Å². The highest BCUT2D eigenvalue weighted by molar-refractivity contribution is 7.89. The molecule has 1 aliphatic heterocycles. The smallest absolute Gasteiger partial charge is 0.210 e. The van der Waals surface area contributed by atoms with Crippen LogP contribution >= 0.6 is 0 Å². The molecule has 0 spiro atoms. The number of hydrogen-bond donors (Lipinski definition) is 2. The molecule has 5 nitrogen and oxygen atoms in total. The van der Waals surface area contributed by atoms with E-state index in [-0.39, 0.29) is 5.75 Å². The van der Waals surface area contributed by atoms with Crippen LogP contribution in [0.15, 0.2) is 0 Å². The van der Waals surface area contributed by atoms with Crippen LogP contribution < -0.4 is 10.5 Å². The topological polar surface area (TPSA) is 75.4 Å². The van der Waals surface area contributed by atoms with Gasteiger partial charge in [0, 0.05) is 19.1 Å². The first-order chi connectivity index (χ1) is 7.51. The molecule has 0 aromatic carbocycles. The highest BCUT2D eigenvalue weighted by atomic mass is 32.2. The van der Waals surface area contributed by atoms with E-state index in [2.05, 4.69) is 10.2 Å². The van der Waals surface area contributed by atoms with Crippen LogP contribution in [-0.4, -0.2) is 51.3 Å². The van der Waals surface area contributed by atoms with Crippen molar-refractivity contribution in [3.05, 3.63) is 0 Å². The molecule has 1 fully saturated rings. The Morgan fingerprint density at radius 2 is 2.19 bits per heavy atom. The molecule has 1 unspecified atom stereocenters. The Labute approximate surface area is 98.4 Å². The maximum absolute atomic E-state index is 10.9. The zero-order valence-electron chi connectivity index (χ0n) is 9.98. The zero-order valence-corrected chi connectivity index (χ0v) is 10.8. The summed E-state index contributed by atoms with van der Waals surface area (Å²) >= 11 is 0. The summed E-state index contributed by atoms with van der Waals surface area (Å²) in [5.74, 6) is 0.0492. The van der Waals surface area contributed by atoms with E-state index in [1.54, 1.807) is 0 Å². The van der Waals surface area contributed by atoms with Crippen molar-refractivity contribution in [2.24, 2.45) is 5.14 Å². The third kappa shape index (κ3) is 5.79. The highest BCUT2D eigenvalue weighted by Gasteiger charge is 2.16. The van der Waals surface area contributed by atoms with Crippen LogP contribution in [0.2, 0.25) is 0 Å². The van der Waals surface area contributed by atoms with Crippen LogP contribution in [0.3, 0.4) is 0 Å². The van der Waals surface area contributed by atoms with Gasteiger partial charge in [-0.15, -0.1) is 0 Å². The molecule has 0 radical (unpaired) electrons. The van der Waals surface area contributed by atoms with E-state index >= 15 is 0 Å². The van der Waals surface area contributed by atoms with Crippen LogP contribution in [0.25, 0.3) is 0 Å². The van der Waals surface area contributed by atoms with Crippen LogP contribution in [0, 0.1) is 0 Å². The van der Waals surface area contributed by atoms with Crippen molar-refractivity contribution in [1.29, 1.82) is 0 Å². The van der Waals surface area contributed by atoms with Gasteiger partial charge in [-0.1, -0.05) is 13.3 Å². The number of sulfonamides is 1. The maximum Gasteiger partial charge on any atom is 0.210 e. The molecule has 3 N–H and O–H groups in total. The number of nitrogens with two attached hydrogens (primary N) is 1. The second-order valence-electron chi connectivity index (χ2n) is 4.41. The fourth-order valence-corrected chi connectivity index (χ4v) is 2.54. The Bertz CT molecular complexity index is 286. The average Bonchev–Trinajstić information content (AvgIpc) is 2.24. The van der Waals surface area contributed by atoms with E-state index in [1.165, 1.54) is 19.3 Å². The van der Waals surface area contributed by atoms with Crippen molar-refractivity contribution in [3.8, 4) is 0 Å². The van der Waals surface area contributed by atoms with E-state index in [0.29, 0.717) is 12.6 Å². The molecule has 0 aromatic heterocycles. The average molecular weight is 249 g/mol. The monoisotopic (exact) mass is 249 g/mol. The Morgan fingerprint density at radius 1 is 1.44 bits per heavy atom. The van der Waals surface area contributed by atoms with Crippen LogP contribution in [-0.2, 0) is 10.0 Å². The van der Waals surface area contributed by atoms with E-state index in [4.69, 9.17) is 5.14 Å². The summed E-state index contributed by atoms with van der Waals surface area (Å²) in [4.78, 5) is 2.15. The molecule has 96 valence electrons. The standard InChI is InChI=1S/C10H23N3O2S/c1-2-13(7-8-16(11,14)15)9-10-5-3-4-6-12-10/h10,12H,2-9H2,1H3,(H2,11,14,15). The van der Waals surface area contributed by atoms with Crippen LogP contribution in [0.5, 0.6) is 0 Å². The lowest BCUT2D eigenvalue weighted by Gasteiger charge is -2.29. The molecule has 1 rings (SSSR count). The van der Waals surface area contributed by atoms with Gasteiger partial charge in [-0.3, -0.25) is 0 Å². The minimum atomic E-state index is -3.33. The predicted molar refractivity (Wildman–Crippen MR) is 65.7 cm³/mol. The molecule has 0 aromatic rings. The van der Waals surface area contributed by atoms with Crippen molar-refractivity contribution in [1.82, 2.24) is 10.2 Å². The molecule has 0 saturated carbocycles. The first-order valence-electron chi connectivity index (χ1n) is 5.97. The lowest BCUT2D eigenvalue weighted by atomic mass is 10.0. The molecule has 16 heavy (non-hydrogen) atoms. The quantitative estimate of drug-likeness (QED) is 0.680. The summed E-state index contributed by atoms with van der Waals surface area (Å²) in [6.45, 7) is 5.45. The zero-order chi connectivity index (χ0) is 12.0. The van der Waals surface area contributed by atoms with Gasteiger partial charge >= 0.3 is 0 Å². The lowest BCUT2D eigenvalue weighted by Crippen LogP contribution is -2.45. The SMILES string of the molecule is CCN(CCS(N)(=O)=O)CC1CCCCN1. The lowest BCUT2D eigenvalue weighted by molar-refractivity contribution is 0.243. The molecular formula is C10H23N3O2S. The molecule has 0 amide bonds. The summed E-state index contributed by atoms with van der Waals surface area (Å²) < 4.78 is 21.8. The molecule has 1 atom stereocenters. The molecule has 0 aliphatic carbocycles. The van der Waals surface area contributed by atoms with Crippen molar-refractivity contribution < 1.29 is 8.42 Å². The predicted octanol–water partition coefficient (Wildman–Crippen LogP) is -0.261. The summed E-state index contributed by atoms with van der Waals surface area (Å²) in [5.41, 5.74) is 0. The first-order valence-corrected chi connectivity index (χ1v) is 7.69. The number of rotatable bonds is 6. The minimum Gasteiger partial charge on any atom is -0.313 e. The Balaban J connectivity index is 2.30. The second kappa shape index (κ2) is 6.54. The maximum atomic E-state index is 10.9. The molecule has 0 bridgehead atoms. The number of likely N-dealkylation sites (N-methyl/N-ethyl adjacent to an activating group) is 1. The van der Waals surface area contributed by atoms with E-state index in [9.17, 15) is 8.42 Å². The largest absolute Gasteiger partial charge is 0.313 e. The van der Waals surface area contributed by atoms with E-state index in [0.717, 1.165) is 19.6 Å². The fraction of sp³-hybridized carbons (Fsp3) is 1.00. The number of nitrogens with one attached hydrogen (secondary N) is 1. The van der Waals surface area contributed by atoms with Gasteiger partial charge in [0.25, 0.3) is 0 Å². The van der Waals surface area contributed by atoms with Gasteiger partial charge in [-0.2, -0.15) is 0 Å². The van der Waals surface area contributed by atoms with Crippen molar-refractivity contribution >= 4 is 10.0 Å². The Morgan fingerprint density at radius 3 is 2.69 bits per heavy atom. The van der Waals surface area contributed by atoms with Gasteiger partial charge in [0.1, 0.15) is 0 Å². The third-order valence-electron chi connectivity index (χ3n) is 3.03. The molecule has 6 heteroatoms. The van der Waals surface area contributed by atoms with Crippen molar-refractivity contribution in [2.45, 2.75) is 32.2 Å². The van der Waals surface area contributed by atoms with Gasteiger partial charge in [0.05, 0.1) is 5.75 Å². The minimum absolute atomic E-state index is 0.0492. The number of hydrogen-bond acceptors (Lipinski definition) is 4. The van der Waals surface area contributed by atoms with Crippen LogP contribution in [0.4, 0.5) is 0 Å². The summed E-state index contributed by atoms with van der Waals surface area (Å²) in [5, 5.41) is 8.46. The first kappa shape index (κ1) is 13.9.